The van der Waals surface area contributed by atoms with Gasteiger partial charge in [-0.2, -0.15) is 13.2 Å². The quantitative estimate of drug-likeness (QED) is 0.494. The molecule has 2 fully saturated rings. The number of aromatic nitrogens is 2. The summed E-state index contributed by atoms with van der Waals surface area (Å²) < 4.78 is 75.3. The van der Waals surface area contributed by atoms with E-state index in [1.807, 2.05) is 0 Å². The number of hydrogen-bond donors (Lipinski definition) is 1. The molecule has 1 aromatic heterocycles. The molecule has 14 heteroatoms. The Kier molecular flexibility index (Phi) is 7.78. The van der Waals surface area contributed by atoms with E-state index in [4.69, 9.17) is 10.5 Å². The Morgan fingerprint density at radius 2 is 1.80 bits per heavy atom. The predicted octanol–water partition coefficient (Wildman–Crippen LogP) is 3.86. The number of piperidine rings is 1. The Morgan fingerprint density at radius 3 is 2.38 bits per heavy atom. The highest BCUT2D eigenvalue weighted by Crippen LogP contribution is 2.41. The summed E-state index contributed by atoms with van der Waals surface area (Å²) >= 11 is 0. The molecule has 1 saturated heterocycles. The van der Waals surface area contributed by atoms with Gasteiger partial charge in [0.1, 0.15) is 11.4 Å². The molecule has 3 amide bonds. The second-order valence-corrected chi connectivity index (χ2v) is 12.1. The van der Waals surface area contributed by atoms with E-state index in [-0.39, 0.29) is 42.5 Å². The number of nitrogens with two attached hydrogens (primary N) is 1. The number of primary amides is 1. The van der Waals surface area contributed by atoms with Gasteiger partial charge >= 0.3 is 12.3 Å². The van der Waals surface area contributed by atoms with Gasteiger partial charge in [0.25, 0.3) is 5.92 Å². The standard InChI is InChI=1S/C26H34F5N5O4/c1-23(2,3)24(40-22(32)39,13-36-14-25(27,28)8-6-19(36)37)11-20(38)35-9-7-16-17(12-35)33-18(10-15-4-5-15)34-21(16)26(29,30)31/h15H,4-14H2,1-3H3,(H2,32,39)/t24-/m1/s1. The normalized spacial score (nSPS) is 21.1. The number of likely N-dealkylation sites (tertiary alicyclic amines) is 1. The lowest BCUT2D eigenvalue weighted by Crippen LogP contribution is -2.61. The molecular formula is C26H34F5N5O4. The molecule has 1 aliphatic carbocycles. The van der Waals surface area contributed by atoms with Crippen molar-refractivity contribution >= 4 is 17.9 Å². The van der Waals surface area contributed by atoms with Crippen LogP contribution in [0.3, 0.4) is 0 Å². The highest BCUT2D eigenvalue weighted by atomic mass is 19.4. The Balaban J connectivity index is 1.62. The van der Waals surface area contributed by atoms with Crippen molar-refractivity contribution in [2.24, 2.45) is 17.1 Å². The maximum atomic E-state index is 14.2. The van der Waals surface area contributed by atoms with Gasteiger partial charge in [-0.3, -0.25) is 9.59 Å². The lowest BCUT2D eigenvalue weighted by molar-refractivity contribution is -0.164. The molecule has 1 atom stereocenters. The van der Waals surface area contributed by atoms with Crippen LogP contribution in [0, 0.1) is 11.3 Å². The van der Waals surface area contributed by atoms with Gasteiger partial charge in [-0.1, -0.05) is 20.8 Å². The van der Waals surface area contributed by atoms with Crippen LogP contribution in [0.25, 0.3) is 0 Å². The van der Waals surface area contributed by atoms with Crippen molar-refractivity contribution in [3.8, 4) is 0 Å². The smallest absolute Gasteiger partial charge is 0.433 e. The van der Waals surface area contributed by atoms with Gasteiger partial charge < -0.3 is 20.3 Å². The van der Waals surface area contributed by atoms with Gasteiger partial charge in [0, 0.05) is 36.8 Å². The second kappa shape index (κ2) is 10.4. The number of hydrogen-bond acceptors (Lipinski definition) is 6. The summed E-state index contributed by atoms with van der Waals surface area (Å²) in [6.45, 7) is 3.14. The minimum atomic E-state index is -4.68. The molecule has 1 saturated carbocycles. The number of carbonyl (C=O) groups is 3. The number of carbonyl (C=O) groups excluding carboxylic acids is 3. The summed E-state index contributed by atoms with van der Waals surface area (Å²) in [7, 11) is 0. The van der Waals surface area contributed by atoms with E-state index in [9.17, 15) is 36.3 Å². The summed E-state index contributed by atoms with van der Waals surface area (Å²) in [6.07, 6.45) is -5.53. The van der Waals surface area contributed by atoms with Crippen LogP contribution in [-0.2, 0) is 39.9 Å². The fraction of sp³-hybridized carbons (Fsp3) is 0.731. The number of ether oxygens (including phenoxy) is 1. The van der Waals surface area contributed by atoms with E-state index in [1.54, 1.807) is 20.8 Å². The number of alkyl halides is 5. The monoisotopic (exact) mass is 575 g/mol. The second-order valence-electron chi connectivity index (χ2n) is 12.1. The summed E-state index contributed by atoms with van der Waals surface area (Å²) in [4.78, 5) is 48.5. The molecule has 1 aromatic rings. The first-order valence-corrected chi connectivity index (χ1v) is 13.3. The minimum Gasteiger partial charge on any atom is -0.440 e. The number of fused-ring (bicyclic) bond motifs is 1. The summed E-state index contributed by atoms with van der Waals surface area (Å²) in [5.74, 6) is -4.02. The van der Waals surface area contributed by atoms with Gasteiger partial charge in [0.2, 0.25) is 11.8 Å². The third-order valence-electron chi connectivity index (χ3n) is 7.93. The molecule has 0 aromatic carbocycles. The Morgan fingerprint density at radius 1 is 1.12 bits per heavy atom. The molecule has 3 aliphatic rings. The Bertz CT molecular complexity index is 1180. The van der Waals surface area contributed by atoms with Crippen LogP contribution < -0.4 is 5.73 Å². The van der Waals surface area contributed by atoms with Crippen LogP contribution in [0.1, 0.15) is 75.7 Å². The molecule has 0 spiro atoms. The number of amides is 3. The third kappa shape index (κ3) is 6.63. The van der Waals surface area contributed by atoms with Crippen LogP contribution in [-0.4, -0.2) is 68.8 Å². The molecular weight excluding hydrogens is 541 g/mol. The van der Waals surface area contributed by atoms with E-state index in [2.05, 4.69) is 9.97 Å². The van der Waals surface area contributed by atoms with Gasteiger partial charge in [0.15, 0.2) is 5.69 Å². The lowest BCUT2D eigenvalue weighted by atomic mass is 9.73. The van der Waals surface area contributed by atoms with Crippen molar-refractivity contribution in [3.63, 3.8) is 0 Å². The van der Waals surface area contributed by atoms with Gasteiger partial charge in [-0.15, -0.1) is 0 Å². The van der Waals surface area contributed by atoms with Crippen molar-refractivity contribution in [1.82, 2.24) is 19.8 Å². The fourth-order valence-electron chi connectivity index (χ4n) is 5.28. The largest absolute Gasteiger partial charge is 0.440 e. The van der Waals surface area contributed by atoms with Crippen molar-refractivity contribution in [1.29, 1.82) is 0 Å². The van der Waals surface area contributed by atoms with Crippen LogP contribution >= 0.6 is 0 Å². The molecule has 3 heterocycles. The average Bonchev–Trinajstić information content (AvgIpc) is 3.62. The van der Waals surface area contributed by atoms with Crippen LogP contribution in [0.5, 0.6) is 0 Å². The average molecular weight is 576 g/mol. The maximum Gasteiger partial charge on any atom is 0.433 e. The van der Waals surface area contributed by atoms with E-state index in [0.717, 1.165) is 17.7 Å². The first-order valence-electron chi connectivity index (χ1n) is 13.3. The molecule has 2 aliphatic heterocycles. The highest BCUT2D eigenvalue weighted by molar-refractivity contribution is 5.80. The molecule has 40 heavy (non-hydrogen) atoms. The number of rotatable bonds is 7. The molecule has 0 unspecified atom stereocenters. The summed E-state index contributed by atoms with van der Waals surface area (Å²) in [5.41, 5.74) is 1.54. The first kappa shape index (κ1) is 29.9. The van der Waals surface area contributed by atoms with Crippen LogP contribution in [0.2, 0.25) is 0 Å². The van der Waals surface area contributed by atoms with Crippen LogP contribution in [0.4, 0.5) is 26.7 Å². The molecule has 4 rings (SSSR count). The maximum absolute atomic E-state index is 14.2. The fourth-order valence-corrected chi connectivity index (χ4v) is 5.28. The molecule has 0 bridgehead atoms. The molecule has 2 N–H and O–H groups in total. The topological polar surface area (TPSA) is 119 Å². The molecule has 9 nitrogen and oxygen atoms in total. The van der Waals surface area contributed by atoms with E-state index in [1.165, 1.54) is 4.90 Å². The minimum absolute atomic E-state index is 0.0623. The Labute approximate surface area is 228 Å². The summed E-state index contributed by atoms with van der Waals surface area (Å²) in [6, 6.07) is 0. The van der Waals surface area contributed by atoms with Crippen molar-refractivity contribution in [2.75, 3.05) is 19.6 Å². The zero-order chi connectivity index (χ0) is 29.7. The van der Waals surface area contributed by atoms with Crippen molar-refractivity contribution < 1.29 is 41.1 Å². The number of nitrogens with zero attached hydrogens (tertiary/aromatic N) is 4. The predicted molar refractivity (Wildman–Crippen MR) is 131 cm³/mol. The van der Waals surface area contributed by atoms with E-state index >= 15 is 0 Å². The zero-order valence-electron chi connectivity index (χ0n) is 22.7. The van der Waals surface area contributed by atoms with Crippen molar-refractivity contribution in [2.45, 2.75) is 90.0 Å². The van der Waals surface area contributed by atoms with Gasteiger partial charge in [0.05, 0.1) is 31.7 Å². The third-order valence-corrected chi connectivity index (χ3v) is 7.93. The zero-order valence-corrected chi connectivity index (χ0v) is 22.7. The Hall–Kier alpha value is -3.06. The summed E-state index contributed by atoms with van der Waals surface area (Å²) in [5, 5.41) is 0. The van der Waals surface area contributed by atoms with E-state index < -0.39 is 79.1 Å². The number of halogens is 5. The molecule has 0 radical (unpaired) electrons. The van der Waals surface area contributed by atoms with Gasteiger partial charge in [-0.05, 0) is 25.2 Å². The lowest BCUT2D eigenvalue weighted by Gasteiger charge is -2.47. The first-order chi connectivity index (χ1) is 18.4. The molecule has 222 valence electrons. The van der Waals surface area contributed by atoms with Gasteiger partial charge in [-0.25, -0.2) is 23.5 Å². The van der Waals surface area contributed by atoms with E-state index in [0.29, 0.717) is 6.42 Å². The highest BCUT2D eigenvalue weighted by Gasteiger charge is 2.52. The van der Waals surface area contributed by atoms with Crippen LogP contribution in [0.15, 0.2) is 0 Å². The SMILES string of the molecule is CC(C)(C)[C@@](CC(=O)N1CCc2c(nc(CC3CC3)nc2C(F)(F)F)C1)(CN1CC(F)(F)CCC1=O)OC(N)=O. The van der Waals surface area contributed by atoms with Crippen molar-refractivity contribution in [3.05, 3.63) is 22.8 Å².